The molecule has 3 heterocycles. The highest BCUT2D eigenvalue weighted by molar-refractivity contribution is 7.16. The van der Waals surface area contributed by atoms with Gasteiger partial charge in [0.15, 0.2) is 10.8 Å². The highest BCUT2D eigenvalue weighted by Gasteiger charge is 2.18. The van der Waals surface area contributed by atoms with Crippen LogP contribution in [0.4, 0.5) is 5.13 Å². The Morgan fingerprint density at radius 2 is 1.92 bits per heavy atom. The van der Waals surface area contributed by atoms with Gasteiger partial charge >= 0.3 is 0 Å². The lowest BCUT2D eigenvalue weighted by Gasteiger charge is -1.99. The van der Waals surface area contributed by atoms with Crippen molar-refractivity contribution in [3.63, 3.8) is 0 Å². The summed E-state index contributed by atoms with van der Waals surface area (Å²) in [6.45, 7) is 1.76. The number of thiazole rings is 1. The second-order valence-corrected chi connectivity index (χ2v) is 7.03. The largest absolute Gasteiger partial charge is 0.296 e. The van der Waals surface area contributed by atoms with E-state index in [2.05, 4.69) is 20.5 Å². The van der Waals surface area contributed by atoms with Gasteiger partial charge in [-0.3, -0.25) is 10.1 Å². The van der Waals surface area contributed by atoms with Gasteiger partial charge in [-0.25, -0.2) is 4.98 Å². The number of carbonyl (C=O) groups excluding carboxylic acids is 1. The van der Waals surface area contributed by atoms with Crippen LogP contribution in [0.5, 0.6) is 0 Å². The first-order valence-corrected chi connectivity index (χ1v) is 9.27. The van der Waals surface area contributed by atoms with Gasteiger partial charge < -0.3 is 0 Å². The lowest BCUT2D eigenvalue weighted by atomic mass is 10.3. The van der Waals surface area contributed by atoms with Crippen molar-refractivity contribution in [2.75, 3.05) is 5.32 Å². The SMILES string of the molecule is Cc1nn(-c2ccccc2)nc1C(=O)Nc1nc(-c2cccs2)cs1. The van der Waals surface area contributed by atoms with E-state index in [9.17, 15) is 4.79 Å². The molecule has 0 unspecified atom stereocenters. The molecule has 8 heteroatoms. The van der Waals surface area contributed by atoms with Crippen LogP contribution in [0.15, 0.2) is 53.2 Å². The highest BCUT2D eigenvalue weighted by Crippen LogP contribution is 2.28. The number of aryl methyl sites for hydroxylation is 1. The lowest BCUT2D eigenvalue weighted by molar-refractivity contribution is 0.102. The summed E-state index contributed by atoms with van der Waals surface area (Å²) >= 11 is 3.00. The molecule has 1 aromatic carbocycles. The minimum Gasteiger partial charge on any atom is -0.296 e. The third-order valence-corrected chi connectivity index (χ3v) is 5.13. The van der Waals surface area contributed by atoms with E-state index in [-0.39, 0.29) is 11.6 Å². The van der Waals surface area contributed by atoms with Crippen molar-refractivity contribution < 1.29 is 4.79 Å². The molecule has 6 nitrogen and oxygen atoms in total. The maximum Gasteiger partial charge on any atom is 0.279 e. The highest BCUT2D eigenvalue weighted by atomic mass is 32.1. The van der Waals surface area contributed by atoms with Crippen LogP contribution in [-0.2, 0) is 0 Å². The monoisotopic (exact) mass is 367 g/mol. The van der Waals surface area contributed by atoms with E-state index < -0.39 is 0 Å². The summed E-state index contributed by atoms with van der Waals surface area (Å²) in [5.41, 5.74) is 2.52. The molecule has 0 saturated heterocycles. The molecule has 124 valence electrons. The third kappa shape index (κ3) is 3.21. The van der Waals surface area contributed by atoms with Crippen molar-refractivity contribution in [3.8, 4) is 16.3 Å². The van der Waals surface area contributed by atoms with Crippen molar-refractivity contribution in [3.05, 3.63) is 64.6 Å². The molecular formula is C17H13N5OS2. The lowest BCUT2D eigenvalue weighted by Crippen LogP contribution is -2.14. The van der Waals surface area contributed by atoms with E-state index >= 15 is 0 Å². The van der Waals surface area contributed by atoms with E-state index in [4.69, 9.17) is 0 Å². The van der Waals surface area contributed by atoms with Crippen molar-refractivity contribution in [1.82, 2.24) is 20.0 Å². The van der Waals surface area contributed by atoms with Crippen molar-refractivity contribution in [2.24, 2.45) is 0 Å². The van der Waals surface area contributed by atoms with Crippen molar-refractivity contribution in [1.29, 1.82) is 0 Å². The maximum atomic E-state index is 12.5. The van der Waals surface area contributed by atoms with Gasteiger partial charge in [0.05, 0.1) is 22.0 Å². The number of benzene rings is 1. The van der Waals surface area contributed by atoms with Crippen LogP contribution in [-0.4, -0.2) is 25.9 Å². The van der Waals surface area contributed by atoms with E-state index in [0.29, 0.717) is 10.8 Å². The van der Waals surface area contributed by atoms with Crippen LogP contribution in [0, 0.1) is 6.92 Å². The fraction of sp³-hybridized carbons (Fsp3) is 0.0588. The molecule has 1 amide bonds. The Morgan fingerprint density at radius 3 is 2.68 bits per heavy atom. The number of hydrogen-bond donors (Lipinski definition) is 1. The topological polar surface area (TPSA) is 72.7 Å². The number of nitrogens with one attached hydrogen (secondary N) is 1. The number of aromatic nitrogens is 4. The van der Waals surface area contributed by atoms with Gasteiger partial charge in [-0.15, -0.1) is 27.8 Å². The molecule has 0 bridgehead atoms. The fourth-order valence-electron chi connectivity index (χ4n) is 2.29. The molecule has 0 atom stereocenters. The van der Waals surface area contributed by atoms with E-state index in [0.717, 1.165) is 16.3 Å². The Kier molecular flexibility index (Phi) is 4.12. The van der Waals surface area contributed by atoms with Crippen LogP contribution in [0.1, 0.15) is 16.2 Å². The van der Waals surface area contributed by atoms with Crippen LogP contribution in [0.25, 0.3) is 16.3 Å². The molecular weight excluding hydrogens is 354 g/mol. The van der Waals surface area contributed by atoms with E-state index in [1.807, 2.05) is 53.2 Å². The third-order valence-electron chi connectivity index (χ3n) is 3.48. The predicted octanol–water partition coefficient (Wildman–Crippen LogP) is 4.01. The Hall–Kier alpha value is -2.84. The minimum atomic E-state index is -0.313. The van der Waals surface area contributed by atoms with Gasteiger partial charge in [0.25, 0.3) is 5.91 Å². The average molecular weight is 367 g/mol. The molecule has 1 N–H and O–H groups in total. The Bertz CT molecular complexity index is 1010. The first kappa shape index (κ1) is 15.7. The van der Waals surface area contributed by atoms with Crippen molar-refractivity contribution >= 4 is 33.7 Å². The van der Waals surface area contributed by atoms with E-state index in [1.165, 1.54) is 16.1 Å². The van der Waals surface area contributed by atoms with E-state index in [1.54, 1.807) is 18.3 Å². The number of amides is 1. The number of nitrogens with zero attached hydrogens (tertiary/aromatic N) is 4. The zero-order valence-corrected chi connectivity index (χ0v) is 14.8. The number of hydrogen-bond acceptors (Lipinski definition) is 6. The smallest absolute Gasteiger partial charge is 0.279 e. The summed E-state index contributed by atoms with van der Waals surface area (Å²) in [4.78, 5) is 19.5. The van der Waals surface area contributed by atoms with Gasteiger partial charge in [-0.1, -0.05) is 24.3 Å². The number of thiophene rings is 1. The maximum absolute atomic E-state index is 12.5. The predicted molar refractivity (Wildman–Crippen MR) is 99.5 cm³/mol. The summed E-state index contributed by atoms with van der Waals surface area (Å²) < 4.78 is 0. The van der Waals surface area contributed by atoms with Crippen LogP contribution in [0.3, 0.4) is 0 Å². The zero-order valence-electron chi connectivity index (χ0n) is 13.2. The number of anilines is 1. The Labute approximate surface area is 151 Å². The first-order valence-electron chi connectivity index (χ1n) is 7.51. The van der Waals surface area contributed by atoms with Crippen molar-refractivity contribution in [2.45, 2.75) is 6.92 Å². The van der Waals surface area contributed by atoms with Crippen LogP contribution >= 0.6 is 22.7 Å². The molecule has 0 aliphatic carbocycles. The Morgan fingerprint density at radius 1 is 1.08 bits per heavy atom. The number of rotatable bonds is 4. The molecule has 4 rings (SSSR count). The van der Waals surface area contributed by atoms with Gasteiger partial charge in [0.2, 0.25) is 0 Å². The normalized spacial score (nSPS) is 10.8. The molecule has 3 aromatic heterocycles. The summed E-state index contributed by atoms with van der Waals surface area (Å²) in [5, 5.41) is 15.9. The van der Waals surface area contributed by atoms with Gasteiger partial charge in [-0.2, -0.15) is 9.90 Å². The molecule has 0 fully saturated rings. The quantitative estimate of drug-likeness (QED) is 0.591. The number of carbonyl (C=O) groups is 1. The standard InChI is InChI=1S/C17H13N5OS2/c1-11-15(21-22(20-11)12-6-3-2-4-7-12)16(23)19-17-18-13(10-25-17)14-8-5-9-24-14/h2-10H,1H3,(H,18,19,23). The average Bonchev–Trinajstić information content (AvgIpc) is 3.35. The molecule has 0 saturated carbocycles. The molecule has 25 heavy (non-hydrogen) atoms. The minimum absolute atomic E-state index is 0.289. The molecule has 0 spiro atoms. The molecule has 0 aliphatic rings. The van der Waals surface area contributed by atoms with Gasteiger partial charge in [-0.05, 0) is 30.5 Å². The summed E-state index contributed by atoms with van der Waals surface area (Å²) in [6, 6.07) is 13.5. The van der Waals surface area contributed by atoms with Crippen LogP contribution in [0.2, 0.25) is 0 Å². The first-order chi connectivity index (χ1) is 12.2. The second kappa shape index (κ2) is 6.58. The molecule has 4 aromatic rings. The second-order valence-electron chi connectivity index (χ2n) is 5.23. The van der Waals surface area contributed by atoms with Gasteiger partial charge in [0, 0.05) is 5.38 Å². The molecule has 0 aliphatic heterocycles. The Balaban J connectivity index is 1.55. The zero-order chi connectivity index (χ0) is 17.2. The van der Waals surface area contributed by atoms with Crippen LogP contribution < -0.4 is 5.32 Å². The molecule has 0 radical (unpaired) electrons. The summed E-state index contributed by atoms with van der Waals surface area (Å²) in [7, 11) is 0. The van der Waals surface area contributed by atoms with Gasteiger partial charge in [0.1, 0.15) is 0 Å². The number of para-hydroxylation sites is 1. The summed E-state index contributed by atoms with van der Waals surface area (Å²) in [6.07, 6.45) is 0. The fourth-order valence-corrected chi connectivity index (χ4v) is 3.76. The summed E-state index contributed by atoms with van der Waals surface area (Å²) in [5.74, 6) is -0.313.